The van der Waals surface area contributed by atoms with Crippen molar-refractivity contribution < 1.29 is 9.63 Å². The first-order chi connectivity index (χ1) is 2.91. The molecule has 0 aliphatic heterocycles. The molecule has 1 N–H and O–H groups in total. The average Bonchev–Trinajstić information content (AvgIpc) is 1.61. The first-order valence-electron chi connectivity index (χ1n) is 1.84. The van der Waals surface area contributed by atoms with Gasteiger partial charge in [0.25, 0.3) is 0 Å². The van der Waals surface area contributed by atoms with Gasteiger partial charge in [-0.05, 0) is 6.42 Å². The van der Waals surface area contributed by atoms with Crippen molar-refractivity contribution in [3.8, 4) is 0 Å². The topological polar surface area (TPSA) is 29.5 Å². The van der Waals surface area contributed by atoms with Gasteiger partial charge in [0.2, 0.25) is 0 Å². The lowest BCUT2D eigenvalue weighted by molar-refractivity contribution is 0.249. The van der Waals surface area contributed by atoms with Crippen LogP contribution in [0.2, 0.25) is 0 Å². The van der Waals surface area contributed by atoms with Gasteiger partial charge < -0.3 is 9.63 Å². The minimum atomic E-state index is 0.217. The van der Waals surface area contributed by atoms with E-state index in [0.29, 0.717) is 6.61 Å². The van der Waals surface area contributed by atoms with E-state index in [9.17, 15) is 0 Å². The summed E-state index contributed by atoms with van der Waals surface area (Å²) in [5.74, 6) is 0. The Bertz CT molecular complexity index is 20.8. The number of aliphatic hydroxyl groups is 1. The van der Waals surface area contributed by atoms with Crippen LogP contribution in [0.4, 0.5) is 0 Å². The summed E-state index contributed by atoms with van der Waals surface area (Å²) in [7, 11) is 2.12. The Balaban J connectivity index is 2.34. The fourth-order valence-corrected chi connectivity index (χ4v) is 0.315. The standard InChI is InChI=1S/C3H9O2P/c4-2-1-3-5-6/h4H,1-3,6H2. The van der Waals surface area contributed by atoms with E-state index in [4.69, 9.17) is 5.11 Å². The first-order valence-corrected chi connectivity index (χ1v) is 2.31. The van der Waals surface area contributed by atoms with Crippen LogP contribution in [-0.4, -0.2) is 18.3 Å². The molecule has 2 nitrogen and oxygen atoms in total. The summed E-state index contributed by atoms with van der Waals surface area (Å²) < 4.78 is 4.54. The molecule has 0 aromatic rings. The summed E-state index contributed by atoms with van der Waals surface area (Å²) in [4.78, 5) is 0. The zero-order valence-corrected chi connectivity index (χ0v) is 4.71. The van der Waals surface area contributed by atoms with E-state index in [1.807, 2.05) is 0 Å². The summed E-state index contributed by atoms with van der Waals surface area (Å²) in [6.07, 6.45) is 0.726. The molecule has 3 heteroatoms. The van der Waals surface area contributed by atoms with Crippen molar-refractivity contribution in [1.29, 1.82) is 0 Å². The molecule has 6 heavy (non-hydrogen) atoms. The molecule has 0 saturated carbocycles. The molecule has 0 fully saturated rings. The summed E-state index contributed by atoms with van der Waals surface area (Å²) in [6.45, 7) is 0.843. The Labute approximate surface area is 39.8 Å². The third-order valence-corrected chi connectivity index (χ3v) is 0.656. The lowest BCUT2D eigenvalue weighted by Gasteiger charge is -1.88. The zero-order chi connectivity index (χ0) is 4.83. The molecule has 0 aromatic heterocycles. The Kier molecular flexibility index (Phi) is 5.66. The summed E-state index contributed by atoms with van der Waals surface area (Å²) in [5.41, 5.74) is 0. The molecule has 0 spiro atoms. The minimum absolute atomic E-state index is 0.217. The first kappa shape index (κ1) is 6.35. The SMILES string of the molecule is OCCCOP. The van der Waals surface area contributed by atoms with Crippen LogP contribution in [0, 0.1) is 0 Å². The van der Waals surface area contributed by atoms with Crippen molar-refractivity contribution >= 4 is 9.47 Å². The van der Waals surface area contributed by atoms with Crippen molar-refractivity contribution in [3.63, 3.8) is 0 Å². The predicted molar refractivity (Wildman–Crippen MR) is 27.4 cm³/mol. The average molecular weight is 108 g/mol. The van der Waals surface area contributed by atoms with Gasteiger partial charge in [-0.25, -0.2) is 0 Å². The highest BCUT2D eigenvalue weighted by Crippen LogP contribution is 1.85. The van der Waals surface area contributed by atoms with E-state index < -0.39 is 0 Å². The number of hydrogen-bond donors (Lipinski definition) is 1. The third kappa shape index (κ3) is 4.35. The van der Waals surface area contributed by atoms with Crippen LogP contribution >= 0.6 is 9.47 Å². The molecule has 1 unspecified atom stereocenters. The fraction of sp³-hybridized carbons (Fsp3) is 1.00. The van der Waals surface area contributed by atoms with Crippen LogP contribution < -0.4 is 0 Å². The van der Waals surface area contributed by atoms with Gasteiger partial charge in [0.15, 0.2) is 0 Å². The molecule has 1 atom stereocenters. The summed E-state index contributed by atoms with van der Waals surface area (Å²) in [6, 6.07) is 0. The lowest BCUT2D eigenvalue weighted by Crippen LogP contribution is -1.87. The molecule has 0 amide bonds. The smallest absolute Gasteiger partial charge is 0.0523 e. The fourth-order valence-electron chi connectivity index (χ4n) is 0.148. The van der Waals surface area contributed by atoms with Gasteiger partial charge in [0.1, 0.15) is 0 Å². The molecular weight excluding hydrogens is 99.0 g/mol. The highest BCUT2D eigenvalue weighted by Gasteiger charge is 1.75. The van der Waals surface area contributed by atoms with Crippen LogP contribution in [0.1, 0.15) is 6.42 Å². The van der Waals surface area contributed by atoms with E-state index in [1.54, 1.807) is 0 Å². The van der Waals surface area contributed by atoms with Gasteiger partial charge in [-0.1, -0.05) is 0 Å². The largest absolute Gasteiger partial charge is 0.396 e. The Morgan fingerprint density at radius 1 is 1.67 bits per heavy atom. The maximum absolute atomic E-state index is 8.11. The number of hydrogen-bond acceptors (Lipinski definition) is 2. The van der Waals surface area contributed by atoms with Crippen molar-refractivity contribution in [2.24, 2.45) is 0 Å². The molecule has 0 saturated heterocycles. The van der Waals surface area contributed by atoms with Gasteiger partial charge in [-0.15, -0.1) is 0 Å². The highest BCUT2D eigenvalue weighted by molar-refractivity contribution is 7.09. The van der Waals surface area contributed by atoms with E-state index in [2.05, 4.69) is 14.0 Å². The van der Waals surface area contributed by atoms with Crippen LogP contribution in [0.25, 0.3) is 0 Å². The number of aliphatic hydroxyl groups excluding tert-OH is 1. The monoisotopic (exact) mass is 108 g/mol. The van der Waals surface area contributed by atoms with E-state index >= 15 is 0 Å². The molecule has 0 heterocycles. The second-order valence-corrected chi connectivity index (χ2v) is 1.28. The second-order valence-electron chi connectivity index (χ2n) is 0.948. The van der Waals surface area contributed by atoms with Gasteiger partial charge in [0.05, 0.1) is 6.61 Å². The molecule has 0 aliphatic carbocycles. The zero-order valence-electron chi connectivity index (χ0n) is 3.55. The summed E-state index contributed by atoms with van der Waals surface area (Å²) in [5, 5.41) is 8.11. The molecular formula is C3H9O2P. The minimum Gasteiger partial charge on any atom is -0.396 e. The van der Waals surface area contributed by atoms with Crippen molar-refractivity contribution in [3.05, 3.63) is 0 Å². The summed E-state index contributed by atoms with van der Waals surface area (Å²) >= 11 is 0. The van der Waals surface area contributed by atoms with Crippen LogP contribution in [-0.2, 0) is 4.52 Å². The van der Waals surface area contributed by atoms with Gasteiger partial charge in [-0.2, -0.15) is 0 Å². The second kappa shape index (κ2) is 5.35. The normalized spacial score (nSPS) is 9.00. The maximum atomic E-state index is 8.11. The van der Waals surface area contributed by atoms with E-state index in [-0.39, 0.29) is 6.61 Å². The van der Waals surface area contributed by atoms with E-state index in [1.165, 1.54) is 0 Å². The lowest BCUT2D eigenvalue weighted by atomic mass is 10.5. The van der Waals surface area contributed by atoms with Gasteiger partial charge in [-0.3, -0.25) is 0 Å². The Hall–Kier alpha value is 0.350. The van der Waals surface area contributed by atoms with Crippen LogP contribution in [0.15, 0.2) is 0 Å². The quantitative estimate of drug-likeness (QED) is 0.412. The van der Waals surface area contributed by atoms with Crippen molar-refractivity contribution in [1.82, 2.24) is 0 Å². The molecule has 0 radical (unpaired) electrons. The van der Waals surface area contributed by atoms with Crippen LogP contribution in [0.5, 0.6) is 0 Å². The van der Waals surface area contributed by atoms with Crippen molar-refractivity contribution in [2.75, 3.05) is 13.2 Å². The maximum Gasteiger partial charge on any atom is 0.0523 e. The highest BCUT2D eigenvalue weighted by atomic mass is 31.0. The Morgan fingerprint density at radius 2 is 2.33 bits per heavy atom. The molecule has 0 bridgehead atoms. The molecule has 0 aliphatic rings. The number of rotatable bonds is 3. The predicted octanol–water partition coefficient (Wildman–Crippen LogP) is 0.175. The molecule has 0 aromatic carbocycles. The van der Waals surface area contributed by atoms with E-state index in [0.717, 1.165) is 6.42 Å². The molecule has 0 rings (SSSR count). The van der Waals surface area contributed by atoms with Crippen LogP contribution in [0.3, 0.4) is 0 Å². The third-order valence-electron chi connectivity index (χ3n) is 0.420. The van der Waals surface area contributed by atoms with Crippen molar-refractivity contribution in [2.45, 2.75) is 6.42 Å². The molecule has 38 valence electrons. The van der Waals surface area contributed by atoms with Gasteiger partial charge in [0, 0.05) is 16.1 Å². The Morgan fingerprint density at radius 3 is 2.50 bits per heavy atom. The van der Waals surface area contributed by atoms with Gasteiger partial charge >= 0.3 is 0 Å².